The highest BCUT2D eigenvalue weighted by molar-refractivity contribution is 5.91. The minimum absolute atomic E-state index is 0.0376. The lowest BCUT2D eigenvalue weighted by Crippen LogP contribution is -2.51. The number of hydrogen-bond donors (Lipinski definition) is 1. The van der Waals surface area contributed by atoms with Crippen molar-refractivity contribution >= 4 is 17.7 Å². The summed E-state index contributed by atoms with van der Waals surface area (Å²) in [5.41, 5.74) is 2.02. The molecule has 1 atom stereocenters. The number of nitrogens with one attached hydrogen (secondary N) is 1. The summed E-state index contributed by atoms with van der Waals surface area (Å²) in [4.78, 5) is 40.1. The summed E-state index contributed by atoms with van der Waals surface area (Å²) in [5, 5.41) is 2.87. The van der Waals surface area contributed by atoms with E-state index < -0.39 is 0 Å². The van der Waals surface area contributed by atoms with E-state index in [0.29, 0.717) is 31.9 Å². The summed E-state index contributed by atoms with van der Waals surface area (Å²) in [6.07, 6.45) is 1.66. The van der Waals surface area contributed by atoms with Crippen molar-refractivity contribution in [3.05, 3.63) is 59.5 Å². The maximum absolute atomic E-state index is 12.8. The van der Waals surface area contributed by atoms with Gasteiger partial charge in [0.05, 0.1) is 18.7 Å². The molecular weight excluding hydrogens is 358 g/mol. The van der Waals surface area contributed by atoms with E-state index in [1.807, 2.05) is 31.2 Å². The number of amides is 3. The van der Waals surface area contributed by atoms with Gasteiger partial charge in [0.1, 0.15) is 0 Å². The molecule has 7 heteroatoms. The molecule has 2 aromatic rings. The number of nitrogens with zero attached hydrogens (tertiary/aromatic N) is 2. The minimum atomic E-state index is -0.367. The largest absolute Gasteiger partial charge is 0.459 e. The van der Waals surface area contributed by atoms with Gasteiger partial charge in [-0.2, -0.15) is 0 Å². The lowest BCUT2D eigenvalue weighted by atomic mass is 10.0. The number of furan rings is 1. The first-order chi connectivity index (χ1) is 13.4. The fraction of sp³-hybridized carbons (Fsp3) is 0.381. The maximum atomic E-state index is 12.8. The molecular formula is C21H25N3O4. The Morgan fingerprint density at radius 1 is 1.04 bits per heavy atom. The highest BCUT2D eigenvalue weighted by atomic mass is 16.3. The van der Waals surface area contributed by atoms with Gasteiger partial charge in [-0.25, -0.2) is 0 Å². The Bertz CT molecular complexity index is 822. The van der Waals surface area contributed by atoms with Crippen molar-refractivity contribution in [1.82, 2.24) is 15.1 Å². The molecule has 0 aliphatic carbocycles. The molecule has 7 nitrogen and oxygen atoms in total. The molecule has 3 rings (SSSR count). The summed E-state index contributed by atoms with van der Waals surface area (Å²) in [6.45, 7) is 5.29. The predicted octanol–water partition coefficient (Wildman–Crippen LogP) is 2.14. The molecule has 1 N–H and O–H groups in total. The second-order valence-corrected chi connectivity index (χ2v) is 7.02. The third kappa shape index (κ3) is 4.79. The minimum Gasteiger partial charge on any atom is -0.459 e. The first-order valence-electron chi connectivity index (χ1n) is 9.38. The van der Waals surface area contributed by atoms with Crippen LogP contribution in [-0.4, -0.2) is 53.7 Å². The molecule has 1 unspecified atom stereocenters. The molecule has 1 fully saturated rings. The van der Waals surface area contributed by atoms with Gasteiger partial charge in [-0.15, -0.1) is 0 Å². The third-order valence-corrected chi connectivity index (χ3v) is 4.89. The number of carbonyl (C=O) groups is 3. The van der Waals surface area contributed by atoms with Crippen LogP contribution in [0.2, 0.25) is 0 Å². The molecule has 2 heterocycles. The van der Waals surface area contributed by atoms with Gasteiger partial charge in [0.15, 0.2) is 5.76 Å². The molecule has 0 bridgehead atoms. The van der Waals surface area contributed by atoms with Gasteiger partial charge in [0.2, 0.25) is 11.8 Å². The van der Waals surface area contributed by atoms with Crippen LogP contribution in [-0.2, 0) is 9.59 Å². The number of piperazine rings is 1. The highest BCUT2D eigenvalue weighted by Gasteiger charge is 2.27. The van der Waals surface area contributed by atoms with Gasteiger partial charge < -0.3 is 19.5 Å². The molecule has 28 heavy (non-hydrogen) atoms. The molecule has 1 aromatic heterocycles. The Morgan fingerprint density at radius 3 is 2.25 bits per heavy atom. The fourth-order valence-electron chi connectivity index (χ4n) is 3.32. The Hall–Kier alpha value is -3.09. The van der Waals surface area contributed by atoms with E-state index in [2.05, 4.69) is 5.32 Å². The van der Waals surface area contributed by atoms with Crippen LogP contribution in [0.3, 0.4) is 0 Å². The molecule has 1 aromatic carbocycles. The van der Waals surface area contributed by atoms with E-state index in [1.165, 1.54) is 13.2 Å². The molecule has 1 aliphatic rings. The van der Waals surface area contributed by atoms with E-state index in [9.17, 15) is 14.4 Å². The summed E-state index contributed by atoms with van der Waals surface area (Å²) >= 11 is 0. The van der Waals surface area contributed by atoms with E-state index >= 15 is 0 Å². The Kier molecular flexibility index (Phi) is 6.13. The molecule has 1 saturated heterocycles. The zero-order valence-corrected chi connectivity index (χ0v) is 16.2. The normalized spacial score (nSPS) is 15.2. The number of carbonyl (C=O) groups excluding carboxylic acids is 3. The van der Waals surface area contributed by atoms with E-state index in [1.54, 1.807) is 21.9 Å². The number of hydrogen-bond acceptors (Lipinski definition) is 4. The number of aryl methyl sites for hydroxylation is 1. The van der Waals surface area contributed by atoms with Crippen LogP contribution in [0.25, 0.3) is 0 Å². The predicted molar refractivity (Wildman–Crippen MR) is 104 cm³/mol. The second-order valence-electron chi connectivity index (χ2n) is 7.02. The maximum Gasteiger partial charge on any atom is 0.289 e. The summed E-state index contributed by atoms with van der Waals surface area (Å²) in [6, 6.07) is 10.8. The van der Waals surface area contributed by atoms with Gasteiger partial charge in [0, 0.05) is 33.1 Å². The van der Waals surface area contributed by atoms with Gasteiger partial charge in [0.25, 0.3) is 5.91 Å². The fourth-order valence-corrected chi connectivity index (χ4v) is 3.32. The molecule has 148 valence electrons. The van der Waals surface area contributed by atoms with Crippen LogP contribution >= 0.6 is 0 Å². The first-order valence-corrected chi connectivity index (χ1v) is 9.38. The zero-order valence-electron chi connectivity index (χ0n) is 16.2. The lowest BCUT2D eigenvalue weighted by molar-refractivity contribution is -0.133. The van der Waals surface area contributed by atoms with E-state index in [4.69, 9.17) is 4.42 Å². The number of benzene rings is 1. The van der Waals surface area contributed by atoms with Crippen LogP contribution in [0.1, 0.15) is 41.1 Å². The summed E-state index contributed by atoms with van der Waals surface area (Å²) < 4.78 is 5.16. The Morgan fingerprint density at radius 2 is 1.68 bits per heavy atom. The molecule has 1 aliphatic heterocycles. The average molecular weight is 383 g/mol. The van der Waals surface area contributed by atoms with Crippen molar-refractivity contribution in [2.75, 3.05) is 26.2 Å². The molecule has 0 spiro atoms. The van der Waals surface area contributed by atoms with Crippen molar-refractivity contribution in [2.45, 2.75) is 26.3 Å². The number of rotatable bonds is 5. The average Bonchev–Trinajstić information content (AvgIpc) is 3.22. The van der Waals surface area contributed by atoms with Gasteiger partial charge in [-0.3, -0.25) is 14.4 Å². The van der Waals surface area contributed by atoms with Crippen molar-refractivity contribution < 1.29 is 18.8 Å². The SMILES string of the molecule is CC(=O)NC(CC(=O)N1CCN(C(=O)c2ccco2)CC1)c1ccc(C)cc1. The van der Waals surface area contributed by atoms with Crippen molar-refractivity contribution in [3.63, 3.8) is 0 Å². The lowest BCUT2D eigenvalue weighted by Gasteiger charge is -2.35. The van der Waals surface area contributed by atoms with E-state index in [0.717, 1.165) is 11.1 Å². The summed E-state index contributed by atoms with van der Waals surface area (Å²) in [7, 11) is 0. The molecule has 0 saturated carbocycles. The monoisotopic (exact) mass is 383 g/mol. The van der Waals surface area contributed by atoms with Crippen LogP contribution in [0.15, 0.2) is 47.1 Å². The van der Waals surface area contributed by atoms with Crippen LogP contribution in [0.4, 0.5) is 0 Å². The Balaban J connectivity index is 1.59. The quantitative estimate of drug-likeness (QED) is 0.858. The standard InChI is InChI=1S/C21H25N3O4/c1-15-5-7-17(8-6-15)18(22-16(2)25)14-20(26)23-9-11-24(12-10-23)21(27)19-4-3-13-28-19/h3-8,13,18H,9-12,14H2,1-2H3,(H,22,25). The van der Waals surface area contributed by atoms with E-state index in [-0.39, 0.29) is 30.2 Å². The van der Waals surface area contributed by atoms with Gasteiger partial charge in [-0.1, -0.05) is 29.8 Å². The summed E-state index contributed by atoms with van der Waals surface area (Å²) in [5.74, 6) is -0.0607. The third-order valence-electron chi connectivity index (χ3n) is 4.89. The first kappa shape index (κ1) is 19.7. The van der Waals surface area contributed by atoms with Gasteiger partial charge in [-0.05, 0) is 24.6 Å². The van der Waals surface area contributed by atoms with Gasteiger partial charge >= 0.3 is 0 Å². The Labute approximate surface area is 164 Å². The van der Waals surface area contributed by atoms with Crippen molar-refractivity contribution in [1.29, 1.82) is 0 Å². The molecule has 0 radical (unpaired) electrons. The topological polar surface area (TPSA) is 82.9 Å². The zero-order chi connectivity index (χ0) is 20.1. The van der Waals surface area contributed by atoms with Crippen LogP contribution in [0.5, 0.6) is 0 Å². The smallest absolute Gasteiger partial charge is 0.289 e. The highest BCUT2D eigenvalue weighted by Crippen LogP contribution is 2.20. The van der Waals surface area contributed by atoms with Crippen molar-refractivity contribution in [3.8, 4) is 0 Å². The van der Waals surface area contributed by atoms with Crippen LogP contribution < -0.4 is 5.32 Å². The van der Waals surface area contributed by atoms with Crippen molar-refractivity contribution in [2.24, 2.45) is 0 Å². The van der Waals surface area contributed by atoms with Crippen LogP contribution in [0, 0.1) is 6.92 Å². The molecule has 3 amide bonds. The second kappa shape index (κ2) is 8.73.